The Morgan fingerprint density at radius 3 is 2.74 bits per heavy atom. The van der Waals surface area contributed by atoms with Gasteiger partial charge in [0.25, 0.3) is 0 Å². The first kappa shape index (κ1) is 16.4. The number of aromatic hydroxyl groups is 1. The molecule has 0 aromatic heterocycles. The molecular formula is C17H23ClN2O3. The van der Waals surface area contributed by atoms with Crippen LogP contribution in [0.2, 0.25) is 5.02 Å². The molecule has 2 saturated heterocycles. The van der Waals surface area contributed by atoms with Crippen molar-refractivity contribution in [2.45, 2.75) is 32.7 Å². The lowest BCUT2D eigenvalue weighted by atomic mass is 9.77. The maximum absolute atomic E-state index is 11.5. The second-order valence-corrected chi connectivity index (χ2v) is 6.99. The van der Waals surface area contributed by atoms with E-state index in [2.05, 4.69) is 10.2 Å². The van der Waals surface area contributed by atoms with Crippen LogP contribution in [0.4, 0.5) is 0 Å². The number of halogens is 1. The van der Waals surface area contributed by atoms with Crippen molar-refractivity contribution in [3.63, 3.8) is 0 Å². The van der Waals surface area contributed by atoms with Crippen LogP contribution in [0.15, 0.2) is 12.1 Å². The molecule has 2 aliphatic rings. The van der Waals surface area contributed by atoms with E-state index in [-0.39, 0.29) is 17.1 Å². The van der Waals surface area contributed by atoms with E-state index in [0.717, 1.165) is 44.6 Å². The topological polar surface area (TPSA) is 61.8 Å². The molecule has 2 N–H and O–H groups in total. The van der Waals surface area contributed by atoms with Gasteiger partial charge in [0, 0.05) is 19.5 Å². The average molecular weight is 339 g/mol. The summed E-state index contributed by atoms with van der Waals surface area (Å²) in [6.07, 6.45) is 2.74. The molecule has 2 aliphatic heterocycles. The smallest absolute Gasteiger partial charge is 0.220 e. The third-order valence-electron chi connectivity index (χ3n) is 4.91. The Kier molecular flexibility index (Phi) is 4.69. The third-order valence-corrected chi connectivity index (χ3v) is 5.20. The van der Waals surface area contributed by atoms with Crippen LogP contribution < -0.4 is 10.1 Å². The number of ether oxygens (including phenoxy) is 1. The van der Waals surface area contributed by atoms with E-state index in [0.29, 0.717) is 23.8 Å². The van der Waals surface area contributed by atoms with Crippen LogP contribution in [-0.4, -0.2) is 42.2 Å². The van der Waals surface area contributed by atoms with Gasteiger partial charge in [-0.25, -0.2) is 0 Å². The lowest BCUT2D eigenvalue weighted by Crippen LogP contribution is -2.40. The molecule has 6 heteroatoms. The number of likely N-dealkylation sites (tertiary alicyclic amines) is 1. The van der Waals surface area contributed by atoms with Gasteiger partial charge >= 0.3 is 0 Å². The van der Waals surface area contributed by atoms with Gasteiger partial charge in [0.2, 0.25) is 5.91 Å². The lowest BCUT2D eigenvalue weighted by Gasteiger charge is -2.38. The van der Waals surface area contributed by atoms with Crippen LogP contribution in [0, 0.1) is 5.41 Å². The Morgan fingerprint density at radius 2 is 2.13 bits per heavy atom. The van der Waals surface area contributed by atoms with E-state index in [1.807, 2.05) is 13.0 Å². The van der Waals surface area contributed by atoms with Crippen molar-refractivity contribution in [2.24, 2.45) is 5.41 Å². The Balaban J connectivity index is 1.63. The molecule has 1 amide bonds. The fourth-order valence-corrected chi connectivity index (χ4v) is 3.77. The summed E-state index contributed by atoms with van der Waals surface area (Å²) >= 11 is 6.09. The van der Waals surface area contributed by atoms with Crippen molar-refractivity contribution in [3.8, 4) is 11.5 Å². The van der Waals surface area contributed by atoms with Crippen molar-refractivity contribution in [2.75, 3.05) is 26.2 Å². The fraction of sp³-hybridized carbons (Fsp3) is 0.588. The van der Waals surface area contributed by atoms with Gasteiger partial charge < -0.3 is 15.2 Å². The average Bonchev–Trinajstić information content (AvgIpc) is 2.88. The molecule has 0 radical (unpaired) electrons. The van der Waals surface area contributed by atoms with Crippen molar-refractivity contribution in [1.29, 1.82) is 0 Å². The van der Waals surface area contributed by atoms with Crippen molar-refractivity contribution < 1.29 is 14.6 Å². The Bertz CT molecular complexity index is 598. The molecule has 2 fully saturated rings. The summed E-state index contributed by atoms with van der Waals surface area (Å²) in [4.78, 5) is 13.8. The quantitative estimate of drug-likeness (QED) is 0.885. The zero-order chi connectivity index (χ0) is 16.4. The van der Waals surface area contributed by atoms with Gasteiger partial charge in [0.1, 0.15) is 0 Å². The molecule has 3 rings (SSSR count). The molecular weight excluding hydrogens is 316 g/mol. The van der Waals surface area contributed by atoms with Gasteiger partial charge in [-0.15, -0.1) is 0 Å². The Labute approximate surface area is 141 Å². The molecule has 0 unspecified atom stereocenters. The van der Waals surface area contributed by atoms with E-state index >= 15 is 0 Å². The number of phenols is 1. The highest BCUT2D eigenvalue weighted by molar-refractivity contribution is 6.32. The molecule has 2 heterocycles. The van der Waals surface area contributed by atoms with E-state index < -0.39 is 0 Å². The number of carbonyl (C=O) groups is 1. The predicted octanol–water partition coefficient (Wildman–Crippen LogP) is 2.55. The predicted molar refractivity (Wildman–Crippen MR) is 88.9 cm³/mol. The second kappa shape index (κ2) is 6.57. The first-order chi connectivity index (χ1) is 11.0. The summed E-state index contributed by atoms with van der Waals surface area (Å²) in [6, 6.07) is 3.65. The number of benzene rings is 1. The molecule has 0 atom stereocenters. The summed E-state index contributed by atoms with van der Waals surface area (Å²) in [5.74, 6) is 0.629. The third kappa shape index (κ3) is 3.56. The van der Waals surface area contributed by atoms with Crippen molar-refractivity contribution >= 4 is 17.5 Å². The number of rotatable bonds is 4. The minimum Gasteiger partial charge on any atom is -0.503 e. The van der Waals surface area contributed by atoms with Gasteiger partial charge in [-0.2, -0.15) is 0 Å². The lowest BCUT2D eigenvalue weighted by molar-refractivity contribution is -0.119. The molecule has 0 saturated carbocycles. The molecule has 1 spiro atoms. The fourth-order valence-electron chi connectivity index (χ4n) is 3.53. The molecule has 5 nitrogen and oxygen atoms in total. The van der Waals surface area contributed by atoms with Crippen LogP contribution in [0.25, 0.3) is 0 Å². The van der Waals surface area contributed by atoms with Crippen molar-refractivity contribution in [1.82, 2.24) is 10.2 Å². The summed E-state index contributed by atoms with van der Waals surface area (Å²) in [5, 5.41) is 13.2. The maximum Gasteiger partial charge on any atom is 0.220 e. The molecule has 1 aromatic rings. The maximum atomic E-state index is 11.5. The zero-order valence-electron chi connectivity index (χ0n) is 13.4. The molecule has 126 valence electrons. The zero-order valence-corrected chi connectivity index (χ0v) is 14.2. The first-order valence-electron chi connectivity index (χ1n) is 8.14. The standard InChI is InChI=1S/C17H23ClN2O3/c1-2-23-14-8-12(7-13(18)16(14)22)10-20-5-3-17(4-6-20)9-15(21)19-11-17/h7-8,22H,2-6,9-11H2,1H3,(H,19,21). The van der Waals surface area contributed by atoms with Gasteiger partial charge in [-0.05, 0) is 56.0 Å². The van der Waals surface area contributed by atoms with Crippen LogP contribution >= 0.6 is 11.6 Å². The van der Waals surface area contributed by atoms with Gasteiger partial charge in [-0.3, -0.25) is 9.69 Å². The van der Waals surface area contributed by atoms with E-state index in [1.165, 1.54) is 0 Å². The largest absolute Gasteiger partial charge is 0.503 e. The van der Waals surface area contributed by atoms with Crippen LogP contribution in [0.5, 0.6) is 11.5 Å². The highest BCUT2D eigenvalue weighted by Crippen LogP contribution is 2.39. The van der Waals surface area contributed by atoms with E-state index in [1.54, 1.807) is 6.07 Å². The Hall–Kier alpha value is -1.46. The number of phenolic OH excluding ortho intramolecular Hbond substituents is 1. The normalized spacial score (nSPS) is 20.7. The molecule has 23 heavy (non-hydrogen) atoms. The van der Waals surface area contributed by atoms with Crippen LogP contribution in [-0.2, 0) is 11.3 Å². The highest BCUT2D eigenvalue weighted by Gasteiger charge is 2.40. The molecule has 0 bridgehead atoms. The number of amides is 1. The van der Waals surface area contributed by atoms with Gasteiger partial charge in [0.05, 0.1) is 11.6 Å². The monoisotopic (exact) mass is 338 g/mol. The molecule has 1 aromatic carbocycles. The summed E-state index contributed by atoms with van der Waals surface area (Å²) in [5.41, 5.74) is 1.20. The van der Waals surface area contributed by atoms with Crippen LogP contribution in [0.3, 0.4) is 0 Å². The number of nitrogens with one attached hydrogen (secondary N) is 1. The van der Waals surface area contributed by atoms with Crippen molar-refractivity contribution in [3.05, 3.63) is 22.7 Å². The number of piperidine rings is 1. The molecule has 0 aliphatic carbocycles. The summed E-state index contributed by atoms with van der Waals surface area (Å²) < 4.78 is 5.44. The minimum absolute atomic E-state index is 0.00501. The number of hydrogen-bond acceptors (Lipinski definition) is 4. The SMILES string of the molecule is CCOc1cc(CN2CCC3(CC2)CNC(=O)C3)cc(Cl)c1O. The second-order valence-electron chi connectivity index (χ2n) is 6.59. The van der Waals surface area contributed by atoms with E-state index in [4.69, 9.17) is 16.3 Å². The highest BCUT2D eigenvalue weighted by atomic mass is 35.5. The van der Waals surface area contributed by atoms with Gasteiger partial charge in [-0.1, -0.05) is 11.6 Å². The minimum atomic E-state index is 0.00501. The first-order valence-corrected chi connectivity index (χ1v) is 8.52. The summed E-state index contributed by atoms with van der Waals surface area (Å²) in [7, 11) is 0. The number of carbonyl (C=O) groups excluding carboxylic acids is 1. The summed E-state index contributed by atoms with van der Waals surface area (Å²) in [6.45, 7) is 5.90. The van der Waals surface area contributed by atoms with Crippen LogP contribution in [0.1, 0.15) is 31.7 Å². The number of nitrogens with zero attached hydrogens (tertiary/aromatic N) is 1. The Morgan fingerprint density at radius 1 is 1.39 bits per heavy atom. The number of hydrogen-bond donors (Lipinski definition) is 2. The van der Waals surface area contributed by atoms with E-state index in [9.17, 15) is 9.90 Å². The van der Waals surface area contributed by atoms with Gasteiger partial charge in [0.15, 0.2) is 11.5 Å².